The second-order valence-electron chi connectivity index (χ2n) is 8.16. The molecule has 1 saturated heterocycles. The zero-order valence-corrected chi connectivity index (χ0v) is 17.8. The van der Waals surface area contributed by atoms with Crippen LogP contribution in [0.4, 0.5) is 0 Å². The maximum Gasteiger partial charge on any atom is 0.308 e. The van der Waals surface area contributed by atoms with E-state index in [2.05, 4.69) is 6.92 Å². The zero-order valence-electron chi connectivity index (χ0n) is 17.8. The maximum atomic E-state index is 11.7. The van der Waals surface area contributed by atoms with Gasteiger partial charge in [0.15, 0.2) is 0 Å². The van der Waals surface area contributed by atoms with Crippen LogP contribution in [0.3, 0.4) is 0 Å². The molecule has 4 heteroatoms. The molecule has 0 aromatic heterocycles. The molecule has 2 atom stereocenters. The second-order valence-corrected chi connectivity index (χ2v) is 8.16. The third-order valence-electron chi connectivity index (χ3n) is 5.46. The molecule has 160 valence electrons. The molecule has 1 aliphatic heterocycles. The Morgan fingerprint density at radius 3 is 2.11 bits per heavy atom. The summed E-state index contributed by atoms with van der Waals surface area (Å²) in [5.41, 5.74) is 0. The standard InChI is InChI=1S/C23H44O4/c1-2-3-4-11-16-21(24)17-12-9-7-5-6-8-10-13-18-22(25)27-23-19-14-15-20-26-23/h21,23-24H,2-20H2,1H3. The fraction of sp³-hybridized carbons (Fsp3) is 0.957. The van der Waals surface area contributed by atoms with E-state index >= 15 is 0 Å². The molecule has 1 heterocycles. The Labute approximate surface area is 167 Å². The molecule has 2 unspecified atom stereocenters. The number of esters is 1. The van der Waals surface area contributed by atoms with Crippen molar-refractivity contribution < 1.29 is 19.4 Å². The van der Waals surface area contributed by atoms with E-state index < -0.39 is 0 Å². The fourth-order valence-electron chi connectivity index (χ4n) is 3.67. The van der Waals surface area contributed by atoms with Crippen LogP contribution in [0.2, 0.25) is 0 Å². The van der Waals surface area contributed by atoms with Gasteiger partial charge in [-0.3, -0.25) is 4.79 Å². The fourth-order valence-corrected chi connectivity index (χ4v) is 3.67. The Balaban J connectivity index is 1.79. The molecule has 1 rings (SSSR count). The van der Waals surface area contributed by atoms with Crippen molar-refractivity contribution in [3.8, 4) is 0 Å². The molecule has 0 spiro atoms. The minimum Gasteiger partial charge on any atom is -0.436 e. The summed E-state index contributed by atoms with van der Waals surface area (Å²) < 4.78 is 10.8. The number of unbranched alkanes of at least 4 members (excludes halogenated alkanes) is 10. The Morgan fingerprint density at radius 1 is 0.926 bits per heavy atom. The molecule has 1 aliphatic rings. The number of aliphatic hydroxyl groups excluding tert-OH is 1. The SMILES string of the molecule is CCCCCCC(O)CCCCCCCCCCC(=O)OC1CCCCO1. The summed E-state index contributed by atoms with van der Waals surface area (Å²) in [5, 5.41) is 9.95. The Bertz CT molecular complexity index is 339. The molecule has 0 aromatic carbocycles. The summed E-state index contributed by atoms with van der Waals surface area (Å²) in [4.78, 5) is 11.7. The molecule has 1 fully saturated rings. The van der Waals surface area contributed by atoms with Gasteiger partial charge in [-0.2, -0.15) is 0 Å². The van der Waals surface area contributed by atoms with E-state index in [1.165, 1.54) is 57.8 Å². The summed E-state index contributed by atoms with van der Waals surface area (Å²) in [7, 11) is 0. The highest BCUT2D eigenvalue weighted by molar-refractivity contribution is 5.69. The minimum atomic E-state index is -0.291. The lowest BCUT2D eigenvalue weighted by Crippen LogP contribution is -2.25. The number of carbonyl (C=O) groups is 1. The molecule has 0 amide bonds. The second kappa shape index (κ2) is 17.5. The zero-order chi connectivity index (χ0) is 19.6. The lowest BCUT2D eigenvalue weighted by molar-refractivity contribution is -0.186. The average Bonchev–Trinajstić information content (AvgIpc) is 2.67. The van der Waals surface area contributed by atoms with Crippen LogP contribution in [0, 0.1) is 0 Å². The van der Waals surface area contributed by atoms with Gasteiger partial charge in [0.1, 0.15) is 0 Å². The van der Waals surface area contributed by atoms with E-state index in [0.717, 1.165) is 58.0 Å². The minimum absolute atomic E-state index is 0.0828. The van der Waals surface area contributed by atoms with Gasteiger partial charge >= 0.3 is 5.97 Å². The van der Waals surface area contributed by atoms with Crippen molar-refractivity contribution in [2.24, 2.45) is 0 Å². The maximum absolute atomic E-state index is 11.7. The first-order valence-electron chi connectivity index (χ1n) is 11.7. The van der Waals surface area contributed by atoms with Crippen LogP contribution in [-0.4, -0.2) is 30.1 Å². The average molecular weight is 385 g/mol. The number of carbonyl (C=O) groups excluding carboxylic acids is 1. The third-order valence-corrected chi connectivity index (χ3v) is 5.46. The van der Waals surface area contributed by atoms with Gasteiger partial charge in [-0.05, 0) is 32.1 Å². The van der Waals surface area contributed by atoms with E-state index in [0.29, 0.717) is 6.42 Å². The predicted molar refractivity (Wildman–Crippen MR) is 111 cm³/mol. The molecular weight excluding hydrogens is 340 g/mol. The van der Waals surface area contributed by atoms with Crippen LogP contribution in [0.15, 0.2) is 0 Å². The Morgan fingerprint density at radius 2 is 1.52 bits per heavy atom. The van der Waals surface area contributed by atoms with Crippen LogP contribution >= 0.6 is 0 Å². The Hall–Kier alpha value is -0.610. The first-order chi connectivity index (χ1) is 13.2. The number of hydrogen-bond acceptors (Lipinski definition) is 4. The summed E-state index contributed by atoms with van der Waals surface area (Å²) in [6.07, 6.45) is 19.5. The molecule has 1 N–H and O–H groups in total. The van der Waals surface area contributed by atoms with Crippen molar-refractivity contribution in [2.45, 2.75) is 135 Å². The molecule has 0 radical (unpaired) electrons. The smallest absolute Gasteiger partial charge is 0.308 e. The number of hydrogen-bond donors (Lipinski definition) is 1. The van der Waals surface area contributed by atoms with Gasteiger partial charge in [-0.15, -0.1) is 0 Å². The van der Waals surface area contributed by atoms with Crippen LogP contribution in [0.5, 0.6) is 0 Å². The molecule has 0 saturated carbocycles. The summed E-state index contributed by atoms with van der Waals surface area (Å²) >= 11 is 0. The monoisotopic (exact) mass is 384 g/mol. The predicted octanol–water partition coefficient (Wildman–Crippen LogP) is 6.29. The number of aliphatic hydroxyl groups is 1. The van der Waals surface area contributed by atoms with E-state index in [1.54, 1.807) is 0 Å². The lowest BCUT2D eigenvalue weighted by atomic mass is 10.0. The number of rotatable bonds is 17. The van der Waals surface area contributed by atoms with Crippen molar-refractivity contribution >= 4 is 5.97 Å². The van der Waals surface area contributed by atoms with Crippen molar-refractivity contribution in [1.29, 1.82) is 0 Å². The third kappa shape index (κ3) is 15.0. The van der Waals surface area contributed by atoms with Crippen LogP contribution in [0.1, 0.15) is 122 Å². The van der Waals surface area contributed by atoms with Crippen LogP contribution in [-0.2, 0) is 14.3 Å². The highest BCUT2D eigenvalue weighted by atomic mass is 16.7. The molecule has 0 aromatic rings. The Kier molecular flexibility index (Phi) is 15.8. The molecule has 4 nitrogen and oxygen atoms in total. The highest BCUT2D eigenvalue weighted by Gasteiger charge is 2.17. The van der Waals surface area contributed by atoms with Crippen molar-refractivity contribution in [3.05, 3.63) is 0 Å². The summed E-state index contributed by atoms with van der Waals surface area (Å²) in [6.45, 7) is 2.94. The van der Waals surface area contributed by atoms with Gasteiger partial charge in [-0.25, -0.2) is 0 Å². The van der Waals surface area contributed by atoms with Crippen molar-refractivity contribution in [1.82, 2.24) is 0 Å². The van der Waals surface area contributed by atoms with E-state index in [4.69, 9.17) is 9.47 Å². The summed E-state index contributed by atoms with van der Waals surface area (Å²) in [5.74, 6) is -0.102. The summed E-state index contributed by atoms with van der Waals surface area (Å²) in [6, 6.07) is 0. The van der Waals surface area contributed by atoms with Crippen LogP contribution in [0.25, 0.3) is 0 Å². The number of ether oxygens (including phenoxy) is 2. The topological polar surface area (TPSA) is 55.8 Å². The lowest BCUT2D eigenvalue weighted by Gasteiger charge is -2.22. The molecule has 0 bridgehead atoms. The van der Waals surface area contributed by atoms with E-state index in [-0.39, 0.29) is 18.4 Å². The quantitative estimate of drug-likeness (QED) is 0.236. The normalized spacial score (nSPS) is 18.4. The van der Waals surface area contributed by atoms with Crippen molar-refractivity contribution in [3.63, 3.8) is 0 Å². The van der Waals surface area contributed by atoms with Gasteiger partial charge in [0.2, 0.25) is 6.29 Å². The van der Waals surface area contributed by atoms with E-state index in [9.17, 15) is 9.90 Å². The van der Waals surface area contributed by atoms with Gasteiger partial charge in [0.25, 0.3) is 0 Å². The molecular formula is C23H44O4. The molecule has 27 heavy (non-hydrogen) atoms. The molecule has 0 aliphatic carbocycles. The largest absolute Gasteiger partial charge is 0.436 e. The van der Waals surface area contributed by atoms with Gasteiger partial charge in [0.05, 0.1) is 12.7 Å². The van der Waals surface area contributed by atoms with Crippen molar-refractivity contribution in [2.75, 3.05) is 6.61 Å². The van der Waals surface area contributed by atoms with Crippen LogP contribution < -0.4 is 0 Å². The van der Waals surface area contributed by atoms with Gasteiger partial charge < -0.3 is 14.6 Å². The van der Waals surface area contributed by atoms with Gasteiger partial charge in [-0.1, -0.05) is 77.6 Å². The van der Waals surface area contributed by atoms with Gasteiger partial charge in [0, 0.05) is 12.8 Å². The van der Waals surface area contributed by atoms with E-state index in [1.807, 2.05) is 0 Å². The first kappa shape index (κ1) is 24.4. The first-order valence-corrected chi connectivity index (χ1v) is 11.7. The highest BCUT2D eigenvalue weighted by Crippen LogP contribution is 2.16.